The van der Waals surface area contributed by atoms with E-state index >= 15 is 0 Å². The SMILES string of the molecule is CC[C@]12C=CCN3CC[C@@]4(c5ccc(OC)cc5N(C)[C@H]4[C@@](O)(C(=O)OC)[C@@H]1OC(=O)CCCN1CCCCC1)[C@@H]32. The molecule has 6 atom stereocenters. The van der Waals surface area contributed by atoms with E-state index in [0.29, 0.717) is 18.6 Å². The van der Waals surface area contributed by atoms with E-state index in [2.05, 4.69) is 34.9 Å². The fourth-order valence-electron chi connectivity index (χ4n) is 9.33. The number of ether oxygens (including phenoxy) is 3. The number of aliphatic hydroxyl groups is 1. The lowest BCUT2D eigenvalue weighted by atomic mass is 9.47. The van der Waals surface area contributed by atoms with Gasteiger partial charge in [-0.25, -0.2) is 4.79 Å². The molecule has 41 heavy (non-hydrogen) atoms. The summed E-state index contributed by atoms with van der Waals surface area (Å²) >= 11 is 0. The minimum absolute atomic E-state index is 0.0665. The van der Waals surface area contributed by atoms with Gasteiger partial charge in [-0.2, -0.15) is 0 Å². The van der Waals surface area contributed by atoms with Crippen LogP contribution in [-0.4, -0.2) is 105 Å². The molecule has 1 aromatic rings. The van der Waals surface area contributed by atoms with Crippen LogP contribution in [-0.2, 0) is 24.5 Å². The van der Waals surface area contributed by atoms with Gasteiger partial charge in [-0.1, -0.05) is 31.6 Å². The van der Waals surface area contributed by atoms with Crippen LogP contribution in [0.4, 0.5) is 5.69 Å². The molecule has 2 saturated heterocycles. The number of rotatable bonds is 8. The maximum absolute atomic E-state index is 13.9. The molecular weight excluding hydrogens is 522 g/mol. The zero-order valence-electron chi connectivity index (χ0n) is 24.9. The fraction of sp³-hybridized carbons (Fsp3) is 0.688. The van der Waals surface area contributed by atoms with Crippen LogP contribution in [0.3, 0.4) is 0 Å². The molecule has 1 aliphatic carbocycles. The minimum Gasteiger partial charge on any atom is -0.497 e. The van der Waals surface area contributed by atoms with Crippen LogP contribution in [0.15, 0.2) is 30.4 Å². The van der Waals surface area contributed by atoms with Gasteiger partial charge < -0.3 is 29.1 Å². The minimum atomic E-state index is -2.09. The normalized spacial score (nSPS) is 35.9. The molecule has 1 saturated carbocycles. The first kappa shape index (κ1) is 28.5. The lowest BCUT2D eigenvalue weighted by Crippen LogP contribution is -2.81. The van der Waals surface area contributed by atoms with Gasteiger partial charge in [-0.05, 0) is 69.9 Å². The monoisotopic (exact) mass is 567 g/mol. The molecular formula is C32H45N3O6. The van der Waals surface area contributed by atoms with Gasteiger partial charge in [0.05, 0.1) is 20.3 Å². The molecule has 1 N–H and O–H groups in total. The maximum Gasteiger partial charge on any atom is 0.344 e. The van der Waals surface area contributed by atoms with Crippen molar-refractivity contribution in [3.8, 4) is 5.75 Å². The van der Waals surface area contributed by atoms with Crippen LogP contribution in [0.2, 0.25) is 0 Å². The smallest absolute Gasteiger partial charge is 0.344 e. The predicted octanol–water partition coefficient (Wildman–Crippen LogP) is 2.89. The third-order valence-electron chi connectivity index (χ3n) is 10.9. The molecule has 1 spiro atoms. The number of nitrogens with zero attached hydrogens (tertiary/aromatic N) is 3. The molecule has 3 fully saturated rings. The number of esters is 2. The van der Waals surface area contributed by atoms with Crippen molar-refractivity contribution >= 4 is 17.6 Å². The van der Waals surface area contributed by atoms with Gasteiger partial charge in [0.25, 0.3) is 0 Å². The summed E-state index contributed by atoms with van der Waals surface area (Å²) in [6.45, 7) is 6.67. The van der Waals surface area contributed by atoms with E-state index in [1.807, 2.05) is 24.1 Å². The molecule has 224 valence electrons. The number of methoxy groups -OCH3 is 2. The van der Waals surface area contributed by atoms with E-state index in [-0.39, 0.29) is 18.4 Å². The lowest BCUT2D eigenvalue weighted by molar-refractivity contribution is -0.229. The first-order valence-corrected chi connectivity index (χ1v) is 15.3. The van der Waals surface area contributed by atoms with E-state index in [1.165, 1.54) is 26.4 Å². The number of fused-ring (bicyclic) bond motifs is 1. The van der Waals surface area contributed by atoms with Gasteiger partial charge in [0, 0.05) is 48.6 Å². The number of piperidine rings is 1. The van der Waals surface area contributed by atoms with Gasteiger partial charge in [0.1, 0.15) is 5.75 Å². The number of carbonyl (C=O) groups is 2. The van der Waals surface area contributed by atoms with Gasteiger partial charge in [-0.3, -0.25) is 9.69 Å². The molecule has 0 radical (unpaired) electrons. The Hall–Kier alpha value is -2.62. The number of hydrogen-bond donors (Lipinski definition) is 1. The number of benzene rings is 1. The van der Waals surface area contributed by atoms with E-state index in [9.17, 15) is 14.7 Å². The van der Waals surface area contributed by atoms with Crippen molar-refractivity contribution in [2.24, 2.45) is 5.41 Å². The largest absolute Gasteiger partial charge is 0.497 e. The predicted molar refractivity (Wildman–Crippen MR) is 155 cm³/mol. The number of likely N-dealkylation sites (N-methyl/N-ethyl adjacent to an activating group) is 1. The molecule has 0 bridgehead atoms. The van der Waals surface area contributed by atoms with E-state index in [0.717, 1.165) is 50.4 Å². The standard InChI is InChI=1S/C32H45N3O6/c1-5-30-14-10-19-35-20-15-31(26(30)35)23-13-12-22(39-3)21-24(23)33(2)27(31)32(38,29(37)40-4)28(30)41-25(36)11-9-18-34-16-7-6-8-17-34/h10,12-14,21,26-28,38H,5-9,11,15-20H2,1-4H3/t26-,27+,28+,30+,31+,32-/m0/s1. The first-order valence-electron chi connectivity index (χ1n) is 15.3. The van der Waals surface area contributed by atoms with Crippen molar-refractivity contribution in [2.75, 3.05) is 58.9 Å². The Morgan fingerprint density at radius 3 is 2.59 bits per heavy atom. The molecule has 4 heterocycles. The van der Waals surface area contributed by atoms with Crippen molar-refractivity contribution in [3.63, 3.8) is 0 Å². The van der Waals surface area contributed by atoms with Crippen LogP contribution < -0.4 is 9.64 Å². The summed E-state index contributed by atoms with van der Waals surface area (Å²) < 4.78 is 17.3. The summed E-state index contributed by atoms with van der Waals surface area (Å²) in [6.07, 6.45) is 9.10. The third kappa shape index (κ3) is 3.98. The van der Waals surface area contributed by atoms with Crippen LogP contribution in [0, 0.1) is 5.41 Å². The Balaban J connectivity index is 1.43. The van der Waals surface area contributed by atoms with E-state index < -0.39 is 34.5 Å². The van der Waals surface area contributed by atoms with Crippen molar-refractivity contribution in [2.45, 2.75) is 81.1 Å². The molecule has 0 unspecified atom stereocenters. The highest BCUT2D eigenvalue weighted by atomic mass is 16.6. The highest BCUT2D eigenvalue weighted by Crippen LogP contribution is 2.67. The molecule has 0 amide bonds. The second kappa shape index (κ2) is 10.6. The van der Waals surface area contributed by atoms with Crippen LogP contribution in [0.5, 0.6) is 5.75 Å². The fourth-order valence-corrected chi connectivity index (χ4v) is 9.33. The Morgan fingerprint density at radius 2 is 1.88 bits per heavy atom. The van der Waals surface area contributed by atoms with Crippen LogP contribution in [0.1, 0.15) is 57.4 Å². The van der Waals surface area contributed by atoms with Crippen molar-refractivity contribution in [1.29, 1.82) is 0 Å². The van der Waals surface area contributed by atoms with Gasteiger partial charge in [0.15, 0.2) is 6.10 Å². The summed E-state index contributed by atoms with van der Waals surface area (Å²) in [6, 6.07) is 5.29. The second-order valence-electron chi connectivity index (χ2n) is 12.6. The molecule has 4 aliphatic heterocycles. The Morgan fingerprint density at radius 1 is 1.10 bits per heavy atom. The summed E-state index contributed by atoms with van der Waals surface area (Å²) in [7, 11) is 4.86. The summed E-state index contributed by atoms with van der Waals surface area (Å²) in [5.41, 5.74) is -1.43. The van der Waals surface area contributed by atoms with Crippen LogP contribution >= 0.6 is 0 Å². The van der Waals surface area contributed by atoms with Crippen molar-refractivity contribution < 1.29 is 28.9 Å². The van der Waals surface area contributed by atoms with Gasteiger partial charge >= 0.3 is 11.9 Å². The molecule has 9 nitrogen and oxygen atoms in total. The summed E-state index contributed by atoms with van der Waals surface area (Å²) in [5, 5.41) is 12.9. The third-order valence-corrected chi connectivity index (χ3v) is 10.9. The molecule has 9 heteroatoms. The molecule has 6 rings (SSSR count). The molecule has 1 aromatic carbocycles. The lowest BCUT2D eigenvalue weighted by Gasteiger charge is -2.63. The number of carbonyl (C=O) groups excluding carboxylic acids is 2. The van der Waals surface area contributed by atoms with E-state index in [1.54, 1.807) is 7.11 Å². The topological polar surface area (TPSA) is 91.8 Å². The number of anilines is 1. The van der Waals surface area contributed by atoms with Gasteiger partial charge in [-0.15, -0.1) is 0 Å². The quantitative estimate of drug-likeness (QED) is 0.376. The van der Waals surface area contributed by atoms with Crippen molar-refractivity contribution in [3.05, 3.63) is 35.9 Å². The first-order chi connectivity index (χ1) is 19.8. The Labute approximate surface area is 243 Å². The molecule has 5 aliphatic rings. The summed E-state index contributed by atoms with van der Waals surface area (Å²) in [4.78, 5) is 34.3. The maximum atomic E-state index is 13.9. The average molecular weight is 568 g/mol. The van der Waals surface area contributed by atoms with E-state index in [4.69, 9.17) is 14.2 Å². The van der Waals surface area contributed by atoms with Crippen molar-refractivity contribution in [1.82, 2.24) is 9.80 Å². The summed E-state index contributed by atoms with van der Waals surface area (Å²) in [5.74, 6) is -0.426. The van der Waals surface area contributed by atoms with Crippen LogP contribution in [0.25, 0.3) is 0 Å². The Bertz CT molecular complexity index is 1220. The zero-order valence-corrected chi connectivity index (χ0v) is 24.9. The highest BCUT2D eigenvalue weighted by Gasteiger charge is 2.80. The van der Waals surface area contributed by atoms with Gasteiger partial charge in [0.2, 0.25) is 5.60 Å². The molecule has 0 aromatic heterocycles. The second-order valence-corrected chi connectivity index (χ2v) is 12.6. The number of likely N-dealkylation sites (tertiary alicyclic amines) is 1. The number of hydrogen-bond acceptors (Lipinski definition) is 9. The zero-order chi connectivity index (χ0) is 29.0. The average Bonchev–Trinajstić information content (AvgIpc) is 3.51. The highest BCUT2D eigenvalue weighted by molar-refractivity contribution is 5.87. The Kier molecular flexibility index (Phi) is 7.35.